The molecule has 1 aliphatic carbocycles. The van der Waals surface area contributed by atoms with E-state index in [1.165, 1.54) is 0 Å². The van der Waals surface area contributed by atoms with E-state index in [1.54, 1.807) is 0 Å². The van der Waals surface area contributed by atoms with Crippen LogP contribution in [0.2, 0.25) is 0 Å². The predicted octanol–water partition coefficient (Wildman–Crippen LogP) is 2.73. The van der Waals surface area contributed by atoms with Crippen LogP contribution in [0.3, 0.4) is 0 Å². The highest BCUT2D eigenvalue weighted by atomic mass is 79.9. The van der Waals surface area contributed by atoms with Gasteiger partial charge in [-0.3, -0.25) is 0 Å². The van der Waals surface area contributed by atoms with Crippen molar-refractivity contribution in [3.63, 3.8) is 0 Å². The number of hydrogen-bond donors (Lipinski definition) is 1. The third kappa shape index (κ3) is 2.11. The number of halogens is 3. The van der Waals surface area contributed by atoms with Gasteiger partial charge in [-0.25, -0.2) is 0 Å². The van der Waals surface area contributed by atoms with E-state index in [2.05, 4.69) is 31.9 Å². The molecule has 1 N–H and O–H groups in total. The molecular weight excluding hydrogens is 295 g/mol. The zero-order valence-corrected chi connectivity index (χ0v) is 9.99. The van der Waals surface area contributed by atoms with Gasteiger partial charge in [0, 0.05) is 18.4 Å². The van der Waals surface area contributed by atoms with Gasteiger partial charge in [0.15, 0.2) is 0 Å². The van der Waals surface area contributed by atoms with Crippen molar-refractivity contribution < 1.29 is 5.11 Å². The van der Waals surface area contributed by atoms with E-state index >= 15 is 0 Å². The van der Waals surface area contributed by atoms with E-state index in [1.807, 2.05) is 0 Å². The molecule has 0 bridgehead atoms. The smallest absolute Gasteiger partial charge is 0.0891 e. The quantitative estimate of drug-likeness (QED) is 0.792. The molecule has 4 heteroatoms. The minimum atomic E-state index is 0.000802. The van der Waals surface area contributed by atoms with Crippen molar-refractivity contribution in [1.29, 1.82) is 0 Å². The highest BCUT2D eigenvalue weighted by molar-refractivity contribution is 9.25. The molecule has 0 saturated heterocycles. The molecule has 0 aromatic heterocycles. The highest BCUT2D eigenvalue weighted by Crippen LogP contribution is 2.63. The molecule has 11 heavy (non-hydrogen) atoms. The molecule has 1 nitrogen and oxygen atoms in total. The van der Waals surface area contributed by atoms with Crippen LogP contribution in [0.15, 0.2) is 0 Å². The maximum absolute atomic E-state index is 8.92. The van der Waals surface area contributed by atoms with Gasteiger partial charge in [-0.1, -0.05) is 31.9 Å². The van der Waals surface area contributed by atoms with Crippen LogP contribution < -0.4 is 0 Å². The number of aliphatic hydroxyl groups is 1. The predicted molar refractivity (Wildman–Crippen MR) is 54.6 cm³/mol. The first-order valence-electron chi connectivity index (χ1n) is 3.69. The van der Waals surface area contributed by atoms with Crippen LogP contribution in [-0.4, -0.2) is 20.8 Å². The lowest BCUT2D eigenvalue weighted by Crippen LogP contribution is -1.92. The summed E-state index contributed by atoms with van der Waals surface area (Å²) in [5.41, 5.74) is 0. The van der Waals surface area contributed by atoms with Gasteiger partial charge in [-0.2, -0.15) is 0 Å². The lowest BCUT2D eigenvalue weighted by Gasteiger charge is -1.95. The largest absolute Gasteiger partial charge is 0.396 e. The molecule has 0 unspecified atom stereocenters. The van der Waals surface area contributed by atoms with Gasteiger partial charge >= 0.3 is 0 Å². The summed E-state index contributed by atoms with van der Waals surface area (Å²) in [6.07, 6.45) is 2.12. The summed E-state index contributed by atoms with van der Waals surface area (Å²) in [4.78, 5) is 0. The average molecular weight is 306 g/mol. The molecule has 0 aromatic carbocycles. The third-order valence-electron chi connectivity index (χ3n) is 2.21. The van der Waals surface area contributed by atoms with Gasteiger partial charge in [-0.15, -0.1) is 11.6 Å². The Morgan fingerprint density at radius 2 is 2.00 bits per heavy atom. The summed E-state index contributed by atoms with van der Waals surface area (Å²) in [6, 6.07) is 0. The molecule has 1 aliphatic rings. The number of alkyl halides is 3. The summed E-state index contributed by atoms with van der Waals surface area (Å²) >= 11 is 12.6. The number of rotatable bonds is 4. The van der Waals surface area contributed by atoms with E-state index in [9.17, 15) is 0 Å². The Balaban J connectivity index is 2.28. The van der Waals surface area contributed by atoms with E-state index in [0.717, 1.165) is 12.8 Å². The molecule has 0 heterocycles. The van der Waals surface area contributed by atoms with Crippen molar-refractivity contribution >= 4 is 43.5 Å². The van der Waals surface area contributed by atoms with Crippen LogP contribution >= 0.6 is 43.5 Å². The summed E-state index contributed by atoms with van der Waals surface area (Å²) in [5, 5.41) is 8.92. The van der Waals surface area contributed by atoms with Crippen molar-refractivity contribution in [1.82, 2.24) is 0 Å². The fraction of sp³-hybridized carbons (Fsp3) is 1.00. The minimum absolute atomic E-state index is 0.000802. The first-order chi connectivity index (χ1) is 5.14. The summed E-state index contributed by atoms with van der Waals surface area (Å²) in [6.45, 7) is 0.253. The molecular formula is C7H11Br2ClO. The third-order valence-corrected chi connectivity index (χ3v) is 4.83. The highest BCUT2D eigenvalue weighted by Gasteiger charge is 2.60. The van der Waals surface area contributed by atoms with Gasteiger partial charge in [0.1, 0.15) is 0 Å². The van der Waals surface area contributed by atoms with Crippen molar-refractivity contribution in [2.24, 2.45) is 11.8 Å². The fourth-order valence-electron chi connectivity index (χ4n) is 1.40. The van der Waals surface area contributed by atoms with E-state index in [0.29, 0.717) is 17.7 Å². The van der Waals surface area contributed by atoms with Crippen molar-refractivity contribution in [2.45, 2.75) is 16.1 Å². The maximum Gasteiger partial charge on any atom is 0.0891 e. The Morgan fingerprint density at radius 1 is 1.36 bits per heavy atom. The minimum Gasteiger partial charge on any atom is -0.396 e. The summed E-state index contributed by atoms with van der Waals surface area (Å²) in [7, 11) is 0. The fourth-order valence-corrected chi connectivity index (χ4v) is 3.31. The van der Waals surface area contributed by atoms with Crippen molar-refractivity contribution in [3.8, 4) is 0 Å². The van der Waals surface area contributed by atoms with Crippen LogP contribution in [-0.2, 0) is 0 Å². The first kappa shape index (κ1) is 10.3. The van der Waals surface area contributed by atoms with Crippen LogP contribution in [0.5, 0.6) is 0 Å². The molecule has 1 fully saturated rings. The normalized spacial score (nSPS) is 33.8. The van der Waals surface area contributed by atoms with Crippen LogP contribution in [0, 0.1) is 11.8 Å². The van der Waals surface area contributed by atoms with E-state index in [-0.39, 0.29) is 9.84 Å². The van der Waals surface area contributed by atoms with Crippen LogP contribution in [0.1, 0.15) is 12.8 Å². The Morgan fingerprint density at radius 3 is 2.36 bits per heavy atom. The topological polar surface area (TPSA) is 20.2 Å². The zero-order valence-electron chi connectivity index (χ0n) is 6.06. The lowest BCUT2D eigenvalue weighted by atomic mass is 10.2. The molecule has 0 aliphatic heterocycles. The molecule has 0 spiro atoms. The Labute approximate surface area is 88.8 Å². The molecule has 66 valence electrons. The molecule has 2 atom stereocenters. The Bertz CT molecular complexity index is 140. The van der Waals surface area contributed by atoms with Crippen LogP contribution in [0.25, 0.3) is 0 Å². The Hall–Kier alpha value is 1.21. The summed E-state index contributed by atoms with van der Waals surface area (Å²) in [5.74, 6) is 1.63. The average Bonchev–Trinajstić information content (AvgIpc) is 2.48. The van der Waals surface area contributed by atoms with Gasteiger partial charge in [-0.05, 0) is 18.8 Å². The first-order valence-corrected chi connectivity index (χ1v) is 5.81. The molecule has 1 rings (SSSR count). The van der Waals surface area contributed by atoms with Crippen molar-refractivity contribution in [3.05, 3.63) is 0 Å². The van der Waals surface area contributed by atoms with Gasteiger partial charge < -0.3 is 5.11 Å². The van der Waals surface area contributed by atoms with E-state index in [4.69, 9.17) is 16.7 Å². The van der Waals surface area contributed by atoms with Gasteiger partial charge in [0.25, 0.3) is 0 Å². The van der Waals surface area contributed by atoms with E-state index < -0.39 is 0 Å². The standard InChI is InChI=1S/C7H11Br2ClO/c8-7(9)5(2-1-3-10)6(7)4-11/h5-6,11H,1-4H2/t5-,6+/m1/s1. The number of aliphatic hydroxyl groups excluding tert-OH is 1. The second-order valence-corrected chi connectivity index (χ2v) is 6.97. The molecule has 1 saturated carbocycles. The Kier molecular flexibility index (Phi) is 3.69. The van der Waals surface area contributed by atoms with Gasteiger partial charge in [0.05, 0.1) is 3.23 Å². The molecule has 0 amide bonds. The SMILES string of the molecule is OC[C@H]1[C@@H](CCCCl)C1(Br)Br. The van der Waals surface area contributed by atoms with Crippen LogP contribution in [0.4, 0.5) is 0 Å². The molecule has 0 aromatic rings. The van der Waals surface area contributed by atoms with Gasteiger partial charge in [0.2, 0.25) is 0 Å². The maximum atomic E-state index is 8.92. The lowest BCUT2D eigenvalue weighted by molar-refractivity contribution is 0.267. The van der Waals surface area contributed by atoms with Crippen molar-refractivity contribution in [2.75, 3.05) is 12.5 Å². The molecule has 0 radical (unpaired) electrons. The second kappa shape index (κ2) is 3.95. The second-order valence-electron chi connectivity index (χ2n) is 2.90. The monoisotopic (exact) mass is 304 g/mol. The summed E-state index contributed by atoms with van der Waals surface area (Å²) < 4.78 is 0.000802. The number of hydrogen-bond acceptors (Lipinski definition) is 1. The zero-order chi connectivity index (χ0) is 8.48.